The average molecular weight is 693 g/mol. The van der Waals surface area contributed by atoms with Crippen molar-refractivity contribution in [2.45, 2.75) is 40.3 Å². The van der Waals surface area contributed by atoms with Crippen molar-refractivity contribution in [3.8, 4) is 0 Å². The van der Waals surface area contributed by atoms with Crippen molar-refractivity contribution >= 4 is 22.3 Å². The quantitative estimate of drug-likeness (QED) is 0.209. The van der Waals surface area contributed by atoms with Crippen LogP contribution >= 0.6 is 0 Å². The summed E-state index contributed by atoms with van der Waals surface area (Å²) in [5, 5.41) is 3.77. The lowest BCUT2D eigenvalue weighted by Gasteiger charge is -2.35. The van der Waals surface area contributed by atoms with Crippen LogP contribution in [0.2, 0.25) is 0 Å². The van der Waals surface area contributed by atoms with Gasteiger partial charge in [-0.05, 0) is 59.7 Å². The maximum Gasteiger partial charge on any atom is 0.187 e. The van der Waals surface area contributed by atoms with Gasteiger partial charge in [0.05, 0.1) is 37.6 Å². The van der Waals surface area contributed by atoms with E-state index < -0.39 is 12.6 Å². The fraction of sp³-hybridized carbons (Fsp3) is 0.273. The molecule has 0 atom stereocenters. The molecule has 0 saturated carbocycles. The van der Waals surface area contributed by atoms with Crippen LogP contribution in [0.25, 0.3) is 22.3 Å². The van der Waals surface area contributed by atoms with Crippen molar-refractivity contribution in [1.82, 2.24) is 19.9 Å². The van der Waals surface area contributed by atoms with E-state index in [4.69, 9.17) is 18.9 Å². The van der Waals surface area contributed by atoms with Gasteiger partial charge < -0.3 is 38.9 Å². The van der Waals surface area contributed by atoms with Gasteiger partial charge in [-0.3, -0.25) is 0 Å². The van der Waals surface area contributed by atoms with Crippen molar-refractivity contribution < 1.29 is 18.9 Å². The van der Waals surface area contributed by atoms with Crippen LogP contribution < -0.4 is 21.4 Å². The van der Waals surface area contributed by atoms with E-state index in [2.05, 4.69) is 145 Å². The summed E-state index contributed by atoms with van der Waals surface area (Å²) in [7, 11) is 0. The number of benzene rings is 2. The van der Waals surface area contributed by atoms with Gasteiger partial charge >= 0.3 is 0 Å². The predicted molar refractivity (Wildman–Crippen MR) is 202 cm³/mol. The molecule has 9 rings (SSSR count). The first kappa shape index (κ1) is 32.8. The highest BCUT2D eigenvalue weighted by atomic mass is 16.7. The van der Waals surface area contributed by atoms with Gasteiger partial charge in [-0.2, -0.15) is 0 Å². The Balaban J connectivity index is 1.35. The lowest BCUT2D eigenvalue weighted by molar-refractivity contribution is -0.192. The second-order valence-electron chi connectivity index (χ2n) is 15.7. The summed E-state index contributed by atoms with van der Waals surface area (Å²) in [5.41, 5.74) is 9.73. The smallest absolute Gasteiger partial charge is 0.187 e. The van der Waals surface area contributed by atoms with Gasteiger partial charge in [0.2, 0.25) is 0 Å². The number of ether oxygens (including phenoxy) is 4. The summed E-state index contributed by atoms with van der Waals surface area (Å²) >= 11 is 0. The molecule has 2 fully saturated rings. The molecule has 0 amide bonds. The number of fused-ring (bicyclic) bond motifs is 8. The minimum atomic E-state index is -0.575. The van der Waals surface area contributed by atoms with Gasteiger partial charge in [0.25, 0.3) is 0 Å². The monoisotopic (exact) mass is 692 g/mol. The topological polar surface area (TPSA) is 100 Å². The molecule has 2 aromatic carbocycles. The second kappa shape index (κ2) is 12.8. The molecule has 264 valence electrons. The molecule has 8 bridgehead atoms. The van der Waals surface area contributed by atoms with Crippen LogP contribution in [0.1, 0.15) is 61.6 Å². The summed E-state index contributed by atoms with van der Waals surface area (Å²) in [6.07, 6.45) is -1.15. The first-order chi connectivity index (χ1) is 25.2. The normalized spacial score (nSPS) is 19.3. The van der Waals surface area contributed by atoms with Crippen LogP contribution in [-0.2, 0) is 18.9 Å². The molecule has 6 aromatic rings. The molecule has 0 unspecified atom stereocenters. The maximum atomic E-state index is 6.47. The lowest BCUT2D eigenvalue weighted by Crippen LogP contribution is -2.41. The number of rotatable bonds is 4. The first-order valence-corrected chi connectivity index (χ1v) is 18.1. The minimum Gasteiger partial charge on any atom is -0.355 e. The summed E-state index contributed by atoms with van der Waals surface area (Å²) < 4.78 is 25.9. The molecule has 0 spiro atoms. The Morgan fingerprint density at radius 1 is 0.404 bits per heavy atom. The summed E-state index contributed by atoms with van der Waals surface area (Å²) in [6.45, 7) is 11.0. The van der Waals surface area contributed by atoms with Crippen molar-refractivity contribution in [2.24, 2.45) is 10.8 Å². The van der Waals surface area contributed by atoms with Crippen molar-refractivity contribution in [3.05, 3.63) is 164 Å². The number of aromatic nitrogens is 4. The van der Waals surface area contributed by atoms with E-state index in [1.54, 1.807) is 0 Å². The average Bonchev–Trinajstić information content (AvgIpc) is 3.98. The molecule has 8 nitrogen and oxygen atoms in total. The zero-order valence-electron chi connectivity index (χ0n) is 30.0. The van der Waals surface area contributed by atoms with Crippen LogP contribution in [0, 0.1) is 10.8 Å². The highest BCUT2D eigenvalue weighted by molar-refractivity contribution is 5.81. The first-order valence-electron chi connectivity index (χ1n) is 18.1. The molecule has 3 aliphatic rings. The van der Waals surface area contributed by atoms with Crippen LogP contribution in [0.5, 0.6) is 0 Å². The van der Waals surface area contributed by atoms with Gasteiger partial charge in [-0.25, -0.2) is 0 Å². The molecule has 7 heterocycles. The standard InChI is InChI=1S/C44H44N4O4/c1-43(2)23-49-41(50-24-43)39-33-19-17-31(46-33)37(27-11-7-5-8-12-27)29-15-16-30(45-29)38(28-13-9-6-10-14-28)32-18-20-34(47-32)40(36-22-21-35(39)48-36)42-51-25-44(3,4)26-52-42/h5-22,41-42,45-48H,23-26H2,1-4H3. The molecule has 0 radical (unpaired) electrons. The van der Waals surface area contributed by atoms with Crippen LogP contribution in [0.3, 0.4) is 0 Å². The third-order valence-electron chi connectivity index (χ3n) is 10.1. The van der Waals surface area contributed by atoms with E-state index in [-0.39, 0.29) is 10.8 Å². The molecular formula is C44H44N4O4. The molecule has 2 saturated heterocycles. The predicted octanol–water partition coefficient (Wildman–Crippen LogP) is 5.00. The van der Waals surface area contributed by atoms with Crippen LogP contribution in [0.4, 0.5) is 0 Å². The Kier molecular flexibility index (Phi) is 8.08. The van der Waals surface area contributed by atoms with Crippen LogP contribution in [0.15, 0.2) is 109 Å². The summed E-state index contributed by atoms with van der Waals surface area (Å²) in [4.78, 5) is 15.2. The molecule has 4 aromatic heterocycles. The molecule has 8 heteroatoms. The maximum absolute atomic E-state index is 6.47. The van der Waals surface area contributed by atoms with E-state index in [0.29, 0.717) is 26.4 Å². The van der Waals surface area contributed by atoms with E-state index in [1.165, 1.54) is 0 Å². The molecular weight excluding hydrogens is 649 g/mol. The Morgan fingerprint density at radius 2 is 0.750 bits per heavy atom. The van der Waals surface area contributed by atoms with Gasteiger partial charge in [0.1, 0.15) is 0 Å². The highest BCUT2D eigenvalue weighted by Crippen LogP contribution is 2.32. The zero-order chi connectivity index (χ0) is 35.5. The lowest BCUT2D eigenvalue weighted by atomic mass is 9.95. The number of hydrogen-bond donors (Lipinski definition) is 4. The Labute approximate surface area is 302 Å². The van der Waals surface area contributed by atoms with Gasteiger partial charge in [0, 0.05) is 66.1 Å². The third-order valence-corrected chi connectivity index (χ3v) is 10.1. The molecule has 3 aliphatic heterocycles. The van der Waals surface area contributed by atoms with Crippen molar-refractivity contribution in [3.63, 3.8) is 0 Å². The summed E-state index contributed by atoms with van der Waals surface area (Å²) in [5.74, 6) is 0. The van der Waals surface area contributed by atoms with Crippen molar-refractivity contribution in [1.29, 1.82) is 0 Å². The fourth-order valence-corrected chi connectivity index (χ4v) is 7.43. The Bertz CT molecular complexity index is 2310. The number of hydrogen-bond acceptors (Lipinski definition) is 4. The SMILES string of the molecule is CC1(C)COC(C2=c3ccc([nH]3)=C(C3OCC(C)(C)CO3)c3ccc([nH]3)C(c3ccccc3)=c3ccc([nH]3)=C(c3ccccc3)c3ccc2[nH]3)OC1. The molecule has 0 aliphatic carbocycles. The Hall–Kier alpha value is -5.12. The van der Waals surface area contributed by atoms with Gasteiger partial charge in [-0.15, -0.1) is 0 Å². The van der Waals surface area contributed by atoms with Gasteiger partial charge in [0.15, 0.2) is 12.6 Å². The van der Waals surface area contributed by atoms with Gasteiger partial charge in [-0.1, -0.05) is 88.4 Å². The number of aromatic amines is 4. The van der Waals surface area contributed by atoms with Crippen molar-refractivity contribution in [2.75, 3.05) is 26.4 Å². The minimum absolute atomic E-state index is 0.0813. The fourth-order valence-electron chi connectivity index (χ4n) is 7.43. The van der Waals surface area contributed by atoms with E-state index in [0.717, 1.165) is 77.6 Å². The Morgan fingerprint density at radius 3 is 1.15 bits per heavy atom. The summed E-state index contributed by atoms with van der Waals surface area (Å²) in [6, 6.07) is 38.1. The number of H-pyrrole nitrogens is 4. The van der Waals surface area contributed by atoms with E-state index in [9.17, 15) is 0 Å². The van der Waals surface area contributed by atoms with E-state index >= 15 is 0 Å². The van der Waals surface area contributed by atoms with Crippen LogP contribution in [-0.4, -0.2) is 58.9 Å². The van der Waals surface area contributed by atoms with E-state index in [1.807, 2.05) is 12.1 Å². The number of nitrogens with one attached hydrogen (secondary N) is 4. The highest BCUT2D eigenvalue weighted by Gasteiger charge is 2.34. The molecule has 4 N–H and O–H groups in total. The molecule has 52 heavy (non-hydrogen) atoms. The second-order valence-corrected chi connectivity index (χ2v) is 15.7. The zero-order valence-corrected chi connectivity index (χ0v) is 30.0. The third kappa shape index (κ3) is 6.11. The largest absolute Gasteiger partial charge is 0.355 e.